The Labute approximate surface area is 118 Å². The van der Waals surface area contributed by atoms with Crippen LogP contribution in [-0.4, -0.2) is 18.5 Å². The van der Waals surface area contributed by atoms with Crippen molar-refractivity contribution in [1.82, 2.24) is 5.32 Å². The van der Waals surface area contributed by atoms with Crippen LogP contribution in [0.2, 0.25) is 5.02 Å². The summed E-state index contributed by atoms with van der Waals surface area (Å²) in [5.41, 5.74) is 0.492. The average Bonchev–Trinajstić information content (AvgIpc) is 2.30. The largest absolute Gasteiger partial charge is 0.325 e. The zero-order chi connectivity index (χ0) is 12.8. The van der Waals surface area contributed by atoms with Crippen LogP contribution in [0.1, 0.15) is 20.3 Å². The normalized spacial score (nSPS) is 11.6. The molecule has 1 amide bonds. The van der Waals surface area contributed by atoms with E-state index in [1.165, 1.54) is 18.2 Å². The Kier molecular flexibility index (Phi) is 7.91. The molecule has 0 fully saturated rings. The van der Waals surface area contributed by atoms with Gasteiger partial charge in [-0.15, -0.1) is 12.4 Å². The van der Waals surface area contributed by atoms with Crippen molar-refractivity contribution in [3.05, 3.63) is 29.0 Å². The lowest BCUT2D eigenvalue weighted by atomic mass is 10.2. The number of halogens is 3. The molecule has 0 aromatic heterocycles. The Balaban J connectivity index is 0.00000289. The van der Waals surface area contributed by atoms with Gasteiger partial charge in [-0.3, -0.25) is 4.79 Å². The molecule has 1 aromatic rings. The topological polar surface area (TPSA) is 41.1 Å². The third-order valence-electron chi connectivity index (χ3n) is 2.28. The van der Waals surface area contributed by atoms with Crippen LogP contribution in [0.5, 0.6) is 0 Å². The van der Waals surface area contributed by atoms with Gasteiger partial charge in [0, 0.05) is 5.69 Å². The van der Waals surface area contributed by atoms with Crippen molar-refractivity contribution in [1.29, 1.82) is 0 Å². The minimum atomic E-state index is -0.498. The molecule has 0 aliphatic carbocycles. The van der Waals surface area contributed by atoms with Gasteiger partial charge in [0.1, 0.15) is 5.82 Å². The van der Waals surface area contributed by atoms with Gasteiger partial charge in [0.25, 0.3) is 0 Å². The maximum absolute atomic E-state index is 12.9. The van der Waals surface area contributed by atoms with Crippen LogP contribution in [0, 0.1) is 5.82 Å². The highest BCUT2D eigenvalue weighted by Gasteiger charge is 2.12. The first-order valence-corrected chi connectivity index (χ1v) is 5.91. The van der Waals surface area contributed by atoms with E-state index in [-0.39, 0.29) is 29.4 Å². The van der Waals surface area contributed by atoms with Gasteiger partial charge in [-0.1, -0.05) is 18.5 Å². The fourth-order valence-corrected chi connectivity index (χ4v) is 1.46. The van der Waals surface area contributed by atoms with Crippen LogP contribution < -0.4 is 10.6 Å². The van der Waals surface area contributed by atoms with E-state index >= 15 is 0 Å². The molecule has 0 saturated carbocycles. The fourth-order valence-electron chi connectivity index (χ4n) is 1.28. The SMILES string of the molecule is CCCNC(C)C(=O)Nc1ccc(F)c(Cl)c1.Cl. The molecule has 6 heteroatoms. The smallest absolute Gasteiger partial charge is 0.241 e. The van der Waals surface area contributed by atoms with Crippen LogP contribution in [0.15, 0.2) is 18.2 Å². The van der Waals surface area contributed by atoms with Gasteiger partial charge < -0.3 is 10.6 Å². The van der Waals surface area contributed by atoms with Gasteiger partial charge in [-0.2, -0.15) is 0 Å². The van der Waals surface area contributed by atoms with Crippen LogP contribution in [0.3, 0.4) is 0 Å². The van der Waals surface area contributed by atoms with Crippen LogP contribution in [0.4, 0.5) is 10.1 Å². The number of hydrogen-bond acceptors (Lipinski definition) is 2. The van der Waals surface area contributed by atoms with E-state index in [0.717, 1.165) is 13.0 Å². The maximum Gasteiger partial charge on any atom is 0.241 e. The monoisotopic (exact) mass is 294 g/mol. The molecule has 1 atom stereocenters. The molecule has 0 radical (unpaired) electrons. The molecular formula is C12H17Cl2FN2O. The first kappa shape index (κ1) is 17.2. The number of carbonyl (C=O) groups is 1. The molecule has 0 aliphatic heterocycles. The second-order valence-electron chi connectivity index (χ2n) is 3.79. The second kappa shape index (κ2) is 8.29. The Morgan fingerprint density at radius 1 is 1.50 bits per heavy atom. The van der Waals surface area contributed by atoms with Gasteiger partial charge in [0.05, 0.1) is 11.1 Å². The van der Waals surface area contributed by atoms with E-state index in [9.17, 15) is 9.18 Å². The predicted octanol–water partition coefficient (Wildman–Crippen LogP) is 3.23. The summed E-state index contributed by atoms with van der Waals surface area (Å²) in [6.07, 6.45) is 0.958. The number of rotatable bonds is 5. The van der Waals surface area contributed by atoms with Crippen molar-refractivity contribution < 1.29 is 9.18 Å². The molecule has 0 spiro atoms. The molecule has 2 N–H and O–H groups in total. The van der Waals surface area contributed by atoms with Crippen molar-refractivity contribution in [2.24, 2.45) is 0 Å². The maximum atomic E-state index is 12.9. The quantitative estimate of drug-likeness (QED) is 0.875. The van der Waals surface area contributed by atoms with Crippen LogP contribution in [0.25, 0.3) is 0 Å². The summed E-state index contributed by atoms with van der Waals surface area (Å²) in [6, 6.07) is 3.80. The highest BCUT2D eigenvalue weighted by Crippen LogP contribution is 2.19. The first-order chi connectivity index (χ1) is 8.04. The highest BCUT2D eigenvalue weighted by atomic mass is 35.5. The van der Waals surface area contributed by atoms with Crippen LogP contribution in [-0.2, 0) is 4.79 Å². The zero-order valence-electron chi connectivity index (χ0n) is 10.3. The van der Waals surface area contributed by atoms with Crippen molar-refractivity contribution in [2.75, 3.05) is 11.9 Å². The molecule has 1 aromatic carbocycles. The van der Waals surface area contributed by atoms with E-state index in [1.807, 2.05) is 6.92 Å². The summed E-state index contributed by atoms with van der Waals surface area (Å²) < 4.78 is 12.9. The molecule has 0 heterocycles. The number of carbonyl (C=O) groups excluding carboxylic acids is 1. The minimum absolute atomic E-state index is 0. The minimum Gasteiger partial charge on any atom is -0.325 e. The molecule has 0 aliphatic rings. The third-order valence-corrected chi connectivity index (χ3v) is 2.57. The zero-order valence-corrected chi connectivity index (χ0v) is 11.9. The lowest BCUT2D eigenvalue weighted by Gasteiger charge is -2.13. The van der Waals surface area contributed by atoms with Crippen molar-refractivity contribution in [2.45, 2.75) is 26.3 Å². The summed E-state index contributed by atoms with van der Waals surface area (Å²) in [6.45, 7) is 4.58. The Bertz CT molecular complexity index is 402. The Morgan fingerprint density at radius 3 is 2.72 bits per heavy atom. The Morgan fingerprint density at radius 2 is 2.17 bits per heavy atom. The summed E-state index contributed by atoms with van der Waals surface area (Å²) in [4.78, 5) is 11.7. The lowest BCUT2D eigenvalue weighted by Crippen LogP contribution is -2.38. The molecule has 0 bridgehead atoms. The Hall–Kier alpha value is -0.840. The third kappa shape index (κ3) is 5.21. The van der Waals surface area contributed by atoms with E-state index in [1.54, 1.807) is 6.92 Å². The van der Waals surface area contributed by atoms with Gasteiger partial charge in [0.2, 0.25) is 5.91 Å². The van der Waals surface area contributed by atoms with E-state index < -0.39 is 5.82 Å². The summed E-state index contributed by atoms with van der Waals surface area (Å²) in [5, 5.41) is 5.72. The van der Waals surface area contributed by atoms with Gasteiger partial charge in [-0.25, -0.2) is 4.39 Å². The highest BCUT2D eigenvalue weighted by molar-refractivity contribution is 6.31. The molecule has 1 rings (SSSR count). The van der Waals surface area contributed by atoms with Crippen molar-refractivity contribution >= 4 is 35.6 Å². The van der Waals surface area contributed by atoms with Gasteiger partial charge in [0.15, 0.2) is 0 Å². The van der Waals surface area contributed by atoms with Gasteiger partial charge >= 0.3 is 0 Å². The van der Waals surface area contributed by atoms with Crippen LogP contribution >= 0.6 is 24.0 Å². The number of hydrogen-bond donors (Lipinski definition) is 2. The summed E-state index contributed by atoms with van der Waals surface area (Å²) in [7, 11) is 0. The number of benzene rings is 1. The molecule has 102 valence electrons. The predicted molar refractivity (Wildman–Crippen MR) is 75.0 cm³/mol. The molecule has 18 heavy (non-hydrogen) atoms. The summed E-state index contributed by atoms with van der Waals surface area (Å²) >= 11 is 5.62. The fraction of sp³-hybridized carbons (Fsp3) is 0.417. The standard InChI is InChI=1S/C12H16ClFN2O.ClH/c1-3-6-15-8(2)12(17)16-9-4-5-11(14)10(13)7-9;/h4-5,7-8,15H,3,6H2,1-2H3,(H,16,17);1H. The van der Waals surface area contributed by atoms with Crippen molar-refractivity contribution in [3.63, 3.8) is 0 Å². The van der Waals surface area contributed by atoms with Crippen molar-refractivity contribution in [3.8, 4) is 0 Å². The number of anilines is 1. The van der Waals surface area contributed by atoms with E-state index in [4.69, 9.17) is 11.6 Å². The summed E-state index contributed by atoms with van der Waals surface area (Å²) in [5.74, 6) is -0.664. The van der Waals surface area contributed by atoms with E-state index in [0.29, 0.717) is 5.69 Å². The first-order valence-electron chi connectivity index (χ1n) is 5.54. The lowest BCUT2D eigenvalue weighted by molar-refractivity contribution is -0.117. The average molecular weight is 295 g/mol. The second-order valence-corrected chi connectivity index (χ2v) is 4.20. The molecule has 3 nitrogen and oxygen atoms in total. The molecular weight excluding hydrogens is 278 g/mol. The molecule has 1 unspecified atom stereocenters. The number of nitrogens with one attached hydrogen (secondary N) is 2. The molecule has 0 saturated heterocycles. The number of amides is 1. The van der Waals surface area contributed by atoms with Gasteiger partial charge in [-0.05, 0) is 38.1 Å². The van der Waals surface area contributed by atoms with E-state index in [2.05, 4.69) is 10.6 Å².